The normalized spacial score (nSPS) is 19.0. The first kappa shape index (κ1) is 28.6. The molecular weight excluding hydrogens is 559 g/mol. The number of rotatable bonds is 7. The number of anilines is 1. The third-order valence-electron chi connectivity index (χ3n) is 6.80. The molecule has 0 spiro atoms. The summed E-state index contributed by atoms with van der Waals surface area (Å²) in [4.78, 5) is 36.0. The molecule has 1 N–H and O–H groups in total. The molecule has 1 heterocycles. The van der Waals surface area contributed by atoms with Crippen LogP contribution in [0.15, 0.2) is 52.3 Å². The molecule has 1 aliphatic carbocycles. The Kier molecular flexibility index (Phi) is 8.07. The van der Waals surface area contributed by atoms with Gasteiger partial charge in [-0.2, -0.15) is 13.2 Å². The van der Waals surface area contributed by atoms with Gasteiger partial charge in [0.1, 0.15) is 5.56 Å². The van der Waals surface area contributed by atoms with Crippen LogP contribution >= 0.6 is 11.8 Å². The highest BCUT2D eigenvalue weighted by Gasteiger charge is 2.41. The van der Waals surface area contributed by atoms with Crippen LogP contribution in [0.25, 0.3) is 6.08 Å². The van der Waals surface area contributed by atoms with E-state index in [9.17, 15) is 41.3 Å². The second-order valence-corrected chi connectivity index (χ2v) is 12.0. The van der Waals surface area contributed by atoms with Gasteiger partial charge in [-0.05, 0) is 73.4 Å². The Balaban J connectivity index is 1.50. The molecular formula is C25H24F3N3O6S2. The maximum Gasteiger partial charge on any atom is 0.423 e. The van der Waals surface area contributed by atoms with Crippen LogP contribution in [0.5, 0.6) is 0 Å². The van der Waals surface area contributed by atoms with Crippen molar-refractivity contribution in [2.45, 2.75) is 56.1 Å². The summed E-state index contributed by atoms with van der Waals surface area (Å²) in [5, 5.41) is 10.6. The fourth-order valence-corrected chi connectivity index (χ4v) is 6.74. The molecule has 0 radical (unpaired) electrons. The highest BCUT2D eigenvalue weighted by Crippen LogP contribution is 2.39. The molecule has 1 unspecified atom stereocenters. The molecule has 2 amide bonds. The van der Waals surface area contributed by atoms with Crippen LogP contribution in [0.4, 0.5) is 29.3 Å². The summed E-state index contributed by atoms with van der Waals surface area (Å²) in [5.74, 6) is -0.117. The molecule has 2 aromatic rings. The van der Waals surface area contributed by atoms with Gasteiger partial charge in [0.05, 0.1) is 14.7 Å². The van der Waals surface area contributed by atoms with E-state index < -0.39 is 37.3 Å². The summed E-state index contributed by atoms with van der Waals surface area (Å²) < 4.78 is 67.3. The number of nitrogens with zero attached hydrogens (tertiary/aromatic N) is 2. The van der Waals surface area contributed by atoms with Gasteiger partial charge in [-0.3, -0.25) is 29.3 Å². The van der Waals surface area contributed by atoms with Crippen LogP contribution in [0.2, 0.25) is 0 Å². The van der Waals surface area contributed by atoms with Gasteiger partial charge in [-0.15, -0.1) is 0 Å². The predicted molar refractivity (Wildman–Crippen MR) is 139 cm³/mol. The first-order valence-electron chi connectivity index (χ1n) is 12.0. The first-order chi connectivity index (χ1) is 18.3. The second kappa shape index (κ2) is 11.0. The summed E-state index contributed by atoms with van der Waals surface area (Å²) in [6, 6.07) is 6.84. The van der Waals surface area contributed by atoms with Gasteiger partial charge in [-0.25, -0.2) is 8.42 Å². The van der Waals surface area contributed by atoms with Crippen molar-refractivity contribution >= 4 is 50.4 Å². The summed E-state index contributed by atoms with van der Waals surface area (Å²) >= 11 is 0.834. The molecule has 0 aromatic heterocycles. The zero-order chi connectivity index (χ0) is 28.5. The third kappa shape index (κ3) is 6.27. The average Bonchev–Trinajstić information content (AvgIpc) is 3.16. The van der Waals surface area contributed by atoms with E-state index >= 15 is 0 Å². The van der Waals surface area contributed by atoms with E-state index in [0.717, 1.165) is 43.9 Å². The highest BCUT2D eigenvalue weighted by atomic mass is 32.2. The predicted octanol–water partition coefficient (Wildman–Crippen LogP) is 6.42. The van der Waals surface area contributed by atoms with Crippen LogP contribution in [0, 0.1) is 16.0 Å². The fourth-order valence-electron chi connectivity index (χ4n) is 4.74. The fraction of sp³-hybridized carbons (Fsp3) is 0.360. The van der Waals surface area contributed by atoms with Gasteiger partial charge in [0, 0.05) is 17.8 Å². The number of imide groups is 1. The topological polar surface area (TPSA) is 127 Å². The maximum absolute atomic E-state index is 13.3. The number of alkyl halides is 3. The van der Waals surface area contributed by atoms with Crippen LogP contribution in [-0.4, -0.2) is 35.4 Å². The zero-order valence-corrected chi connectivity index (χ0v) is 22.2. The number of carbonyl (C=O) groups excluding carboxylic acids is 2. The van der Waals surface area contributed by atoms with E-state index in [4.69, 9.17) is 0 Å². The van der Waals surface area contributed by atoms with E-state index in [-0.39, 0.29) is 39.8 Å². The summed E-state index contributed by atoms with van der Waals surface area (Å²) in [7, 11) is -4.52. The average molecular weight is 584 g/mol. The van der Waals surface area contributed by atoms with Gasteiger partial charge in [-0.1, -0.05) is 31.4 Å². The first-order valence-corrected chi connectivity index (χ1v) is 14.3. The molecule has 1 aliphatic heterocycles. The van der Waals surface area contributed by atoms with Gasteiger partial charge in [0.15, 0.2) is 0 Å². The van der Waals surface area contributed by atoms with E-state index in [2.05, 4.69) is 4.72 Å². The molecule has 4 rings (SSSR count). The molecule has 1 saturated heterocycles. The van der Waals surface area contributed by atoms with Crippen molar-refractivity contribution < 1.29 is 36.1 Å². The molecule has 2 aliphatic rings. The lowest BCUT2D eigenvalue weighted by Crippen LogP contribution is -2.42. The summed E-state index contributed by atoms with van der Waals surface area (Å²) in [6.45, 7) is 1.89. The lowest BCUT2D eigenvalue weighted by molar-refractivity contribution is -0.388. The number of nitrogens with one attached hydrogen (secondary N) is 1. The molecule has 2 fully saturated rings. The lowest BCUT2D eigenvalue weighted by Gasteiger charge is -2.32. The lowest BCUT2D eigenvalue weighted by atomic mass is 9.84. The Bertz CT molecular complexity index is 1440. The number of sulfonamides is 1. The largest absolute Gasteiger partial charge is 0.423 e. The van der Waals surface area contributed by atoms with Gasteiger partial charge >= 0.3 is 6.18 Å². The van der Waals surface area contributed by atoms with E-state index in [1.807, 2.05) is 6.92 Å². The van der Waals surface area contributed by atoms with Crippen molar-refractivity contribution in [2.75, 3.05) is 4.72 Å². The quantitative estimate of drug-likeness (QED) is 0.226. The molecule has 2 aromatic carbocycles. The number of thioether (sulfide) groups is 1. The SMILES string of the molecule is CC(C1CCCCC1)N1C(=O)SC(=Cc2ccc(NS(=O)(=O)c3ccc([N+](=O)[O-])c(C(F)(F)F)c3)cc2)C1=O. The van der Waals surface area contributed by atoms with Crippen molar-refractivity contribution in [3.8, 4) is 0 Å². The number of hydrogen-bond donors (Lipinski definition) is 1. The molecule has 1 saturated carbocycles. The molecule has 0 bridgehead atoms. The maximum atomic E-state index is 13.3. The molecule has 208 valence electrons. The van der Waals surface area contributed by atoms with E-state index in [1.54, 1.807) is 0 Å². The van der Waals surface area contributed by atoms with Gasteiger partial charge < -0.3 is 0 Å². The van der Waals surface area contributed by atoms with Crippen molar-refractivity contribution in [1.29, 1.82) is 0 Å². The van der Waals surface area contributed by atoms with Crippen LogP contribution in [-0.2, 0) is 21.0 Å². The Labute approximate surface area is 226 Å². The molecule has 9 nitrogen and oxygen atoms in total. The Morgan fingerprint density at radius 3 is 2.33 bits per heavy atom. The third-order valence-corrected chi connectivity index (χ3v) is 9.07. The van der Waals surface area contributed by atoms with E-state index in [0.29, 0.717) is 17.7 Å². The molecule has 1 atom stereocenters. The van der Waals surface area contributed by atoms with Crippen LogP contribution in [0.3, 0.4) is 0 Å². The Hall–Kier alpha value is -3.39. The van der Waals surface area contributed by atoms with Gasteiger partial charge in [0.25, 0.3) is 26.9 Å². The summed E-state index contributed by atoms with van der Waals surface area (Å²) in [5.41, 5.74) is -2.43. The van der Waals surface area contributed by atoms with Gasteiger partial charge in [0.2, 0.25) is 0 Å². The van der Waals surface area contributed by atoms with E-state index in [1.165, 1.54) is 35.2 Å². The monoisotopic (exact) mass is 583 g/mol. The number of benzene rings is 2. The molecule has 39 heavy (non-hydrogen) atoms. The zero-order valence-electron chi connectivity index (χ0n) is 20.6. The van der Waals surface area contributed by atoms with Crippen molar-refractivity contribution in [2.24, 2.45) is 5.92 Å². The smallest absolute Gasteiger partial charge is 0.280 e. The van der Waals surface area contributed by atoms with Crippen molar-refractivity contribution in [3.63, 3.8) is 0 Å². The highest BCUT2D eigenvalue weighted by molar-refractivity contribution is 8.18. The standard InChI is InChI=1S/C25H24F3N3O6S2/c1-15(17-5-3-2-4-6-17)30-23(32)22(38-24(30)33)13-16-7-9-18(10-8-16)29-39(36,37)19-11-12-21(31(34)35)20(14-19)25(26,27)28/h7-15,17,29H,2-6H2,1H3. The number of carbonyl (C=O) groups is 2. The van der Waals surface area contributed by atoms with Crippen molar-refractivity contribution in [3.05, 3.63) is 68.6 Å². The number of nitro benzene ring substituents is 1. The minimum atomic E-state index is -5.13. The number of hydrogen-bond acceptors (Lipinski definition) is 7. The van der Waals surface area contributed by atoms with Crippen molar-refractivity contribution in [1.82, 2.24) is 4.90 Å². The van der Waals surface area contributed by atoms with Crippen LogP contribution in [0.1, 0.15) is 50.2 Å². The van der Waals surface area contributed by atoms with Crippen LogP contribution < -0.4 is 4.72 Å². The minimum absolute atomic E-state index is 0.0121. The Morgan fingerprint density at radius 2 is 1.74 bits per heavy atom. The number of halogens is 3. The molecule has 14 heteroatoms. The second-order valence-electron chi connectivity index (χ2n) is 9.35. The minimum Gasteiger partial charge on any atom is -0.280 e. The number of amides is 2. The Morgan fingerprint density at radius 1 is 1.10 bits per heavy atom. The number of nitro groups is 1. The summed E-state index contributed by atoms with van der Waals surface area (Å²) in [6.07, 6.45) is 1.62.